The van der Waals surface area contributed by atoms with Gasteiger partial charge in [0.25, 0.3) is 0 Å². The minimum absolute atomic E-state index is 0.00941. The van der Waals surface area contributed by atoms with Crippen molar-refractivity contribution in [2.24, 2.45) is 0 Å². The molecule has 0 spiro atoms. The topological polar surface area (TPSA) is 64.3 Å². The lowest BCUT2D eigenvalue weighted by atomic mass is 10.0. The zero-order chi connectivity index (χ0) is 27.1. The normalized spacial score (nSPS) is 14.5. The van der Waals surface area contributed by atoms with Gasteiger partial charge in [0, 0.05) is 39.4 Å². The summed E-state index contributed by atoms with van der Waals surface area (Å²) in [4.78, 5) is 17.8. The van der Waals surface area contributed by atoms with Gasteiger partial charge in [-0.05, 0) is 47.9 Å². The molecule has 8 heteroatoms. The van der Waals surface area contributed by atoms with Gasteiger partial charge in [-0.1, -0.05) is 61.0 Å². The second-order valence-electron chi connectivity index (χ2n) is 9.58. The van der Waals surface area contributed by atoms with Crippen LogP contribution in [0.5, 0.6) is 5.75 Å². The second kappa shape index (κ2) is 10.4. The highest BCUT2D eigenvalue weighted by Gasteiger charge is 2.31. The van der Waals surface area contributed by atoms with Crippen molar-refractivity contribution in [1.82, 2.24) is 9.55 Å². The van der Waals surface area contributed by atoms with Gasteiger partial charge in [0.05, 0.1) is 16.2 Å². The van der Waals surface area contributed by atoms with Crippen LogP contribution in [-0.4, -0.2) is 25.9 Å². The van der Waals surface area contributed by atoms with Gasteiger partial charge in [-0.2, -0.15) is 0 Å². The van der Waals surface area contributed by atoms with Crippen molar-refractivity contribution in [3.8, 4) is 16.9 Å². The van der Waals surface area contributed by atoms with E-state index in [1.807, 2.05) is 60.8 Å². The van der Waals surface area contributed by atoms with E-state index >= 15 is 0 Å². The van der Waals surface area contributed by atoms with Crippen molar-refractivity contribution in [3.05, 3.63) is 112 Å². The predicted molar refractivity (Wildman–Crippen MR) is 152 cm³/mol. The zero-order valence-electron chi connectivity index (χ0n) is 21.0. The number of aromatic carboxylic acids is 1. The number of hydrogen-bond donors (Lipinski definition) is 1. The van der Waals surface area contributed by atoms with Crippen LogP contribution in [-0.2, 0) is 19.6 Å². The summed E-state index contributed by atoms with van der Waals surface area (Å²) in [6, 6.07) is 22.4. The molecule has 1 atom stereocenters. The summed E-state index contributed by atoms with van der Waals surface area (Å²) in [5.74, 6) is -0.789. The summed E-state index contributed by atoms with van der Waals surface area (Å²) >= 11 is 7.57. The van der Waals surface area contributed by atoms with Crippen molar-refractivity contribution < 1.29 is 19.0 Å². The van der Waals surface area contributed by atoms with E-state index in [4.69, 9.17) is 16.3 Å². The quantitative estimate of drug-likeness (QED) is 0.220. The minimum Gasteiger partial charge on any atom is -0.487 e. The van der Waals surface area contributed by atoms with E-state index in [2.05, 4.69) is 11.9 Å². The molecule has 0 radical (unpaired) electrons. The third-order valence-corrected chi connectivity index (χ3v) is 8.39. The Morgan fingerprint density at radius 1 is 1.13 bits per heavy atom. The molecule has 0 bridgehead atoms. The van der Waals surface area contributed by atoms with Crippen LogP contribution in [0.1, 0.15) is 34.2 Å². The van der Waals surface area contributed by atoms with Crippen LogP contribution in [0.25, 0.3) is 22.0 Å². The Morgan fingerprint density at radius 3 is 2.67 bits per heavy atom. The lowest BCUT2D eigenvalue weighted by Gasteiger charge is -2.21. The van der Waals surface area contributed by atoms with E-state index in [0.717, 1.165) is 55.9 Å². The van der Waals surface area contributed by atoms with Gasteiger partial charge in [0.2, 0.25) is 0 Å². The fourth-order valence-corrected chi connectivity index (χ4v) is 6.61. The fraction of sp³-hybridized carbons (Fsp3) is 0.161. The smallest absolute Gasteiger partial charge is 0.353 e. The van der Waals surface area contributed by atoms with Crippen molar-refractivity contribution in [1.29, 1.82) is 0 Å². The molecule has 39 heavy (non-hydrogen) atoms. The molecule has 0 saturated carbocycles. The molecule has 1 unspecified atom stereocenters. The first kappa shape index (κ1) is 25.5. The average molecular weight is 559 g/mol. The van der Waals surface area contributed by atoms with E-state index in [0.29, 0.717) is 6.61 Å². The van der Waals surface area contributed by atoms with Gasteiger partial charge < -0.3 is 14.4 Å². The zero-order valence-corrected chi connectivity index (χ0v) is 22.6. The Kier molecular flexibility index (Phi) is 6.79. The Labute approximate surface area is 234 Å². The summed E-state index contributed by atoms with van der Waals surface area (Å²) in [5.41, 5.74) is 5.68. The Morgan fingerprint density at radius 2 is 1.95 bits per heavy atom. The highest BCUT2D eigenvalue weighted by molar-refractivity contribution is 8.00. The Bertz CT molecular complexity index is 1700. The van der Waals surface area contributed by atoms with Crippen LogP contribution in [0, 0.1) is 5.82 Å². The molecule has 1 aliphatic heterocycles. The number of benzene rings is 3. The summed E-state index contributed by atoms with van der Waals surface area (Å²) < 4.78 is 21.8. The maximum absolute atomic E-state index is 13.7. The average Bonchev–Trinajstić information content (AvgIpc) is 3.24. The Balaban J connectivity index is 1.35. The molecule has 3 aromatic carbocycles. The fourth-order valence-electron chi connectivity index (χ4n) is 5.10. The first-order chi connectivity index (χ1) is 18.9. The maximum atomic E-state index is 13.7. The first-order valence-corrected chi connectivity index (χ1v) is 13.8. The van der Waals surface area contributed by atoms with E-state index in [1.165, 1.54) is 12.1 Å². The van der Waals surface area contributed by atoms with Gasteiger partial charge >= 0.3 is 5.97 Å². The lowest BCUT2D eigenvalue weighted by Crippen LogP contribution is -2.12. The SMILES string of the molecule is CC1Cc2c(OCc3ccc(-c4ccccc4)cn3)ccc3c2c(c(C(=O)O)n3Cc2ccc(F)c(Cl)c2)S1. The van der Waals surface area contributed by atoms with Crippen molar-refractivity contribution in [2.75, 3.05) is 0 Å². The van der Waals surface area contributed by atoms with E-state index < -0.39 is 11.8 Å². The molecule has 6 rings (SSSR count). The monoisotopic (exact) mass is 558 g/mol. The van der Waals surface area contributed by atoms with Gasteiger partial charge in [0.1, 0.15) is 23.9 Å². The van der Waals surface area contributed by atoms with Crippen molar-refractivity contribution >= 4 is 40.2 Å². The minimum atomic E-state index is -1.01. The molecule has 2 aromatic heterocycles. The number of hydrogen-bond acceptors (Lipinski definition) is 4. The molecule has 1 N–H and O–H groups in total. The van der Waals surface area contributed by atoms with Crippen LogP contribution in [0.2, 0.25) is 5.02 Å². The number of thioether (sulfide) groups is 1. The van der Waals surface area contributed by atoms with E-state index in [1.54, 1.807) is 22.4 Å². The van der Waals surface area contributed by atoms with Gasteiger partial charge in [-0.3, -0.25) is 4.98 Å². The van der Waals surface area contributed by atoms with Crippen LogP contribution in [0.4, 0.5) is 4.39 Å². The molecule has 5 nitrogen and oxygen atoms in total. The molecule has 5 aromatic rings. The van der Waals surface area contributed by atoms with Gasteiger partial charge in [-0.25, -0.2) is 9.18 Å². The molecule has 1 aliphatic rings. The number of carboxylic acid groups (broad SMARTS) is 1. The Hall–Kier alpha value is -3.81. The number of rotatable bonds is 7. The standard InChI is InChI=1S/C31H24ClFN2O3S/c1-18-13-23-27(38-17-22-9-8-21(15-34-22)20-5-3-2-4-6-20)12-11-26-28(23)30(39-18)29(31(36)37)35(26)16-19-7-10-25(33)24(32)14-19/h2-12,14-15,18H,13,16-17H2,1H3,(H,36,37). The highest BCUT2D eigenvalue weighted by Crippen LogP contribution is 2.47. The number of carbonyl (C=O) groups is 1. The van der Waals surface area contributed by atoms with Crippen LogP contribution >= 0.6 is 23.4 Å². The molecule has 3 heterocycles. The molecule has 196 valence electrons. The lowest BCUT2D eigenvalue weighted by molar-refractivity contribution is 0.0682. The van der Waals surface area contributed by atoms with Crippen LogP contribution in [0.3, 0.4) is 0 Å². The van der Waals surface area contributed by atoms with Gasteiger partial charge in [-0.15, -0.1) is 11.8 Å². The predicted octanol–water partition coefficient (Wildman–Crippen LogP) is 7.86. The number of pyridine rings is 1. The van der Waals surface area contributed by atoms with Gasteiger partial charge in [0.15, 0.2) is 0 Å². The number of carboxylic acids is 1. The molecular formula is C31H24ClFN2O3S. The highest BCUT2D eigenvalue weighted by atomic mass is 35.5. The molecule has 0 fully saturated rings. The van der Waals surface area contributed by atoms with Crippen molar-refractivity contribution in [3.63, 3.8) is 0 Å². The summed E-state index contributed by atoms with van der Waals surface area (Å²) in [7, 11) is 0. The molecule has 0 saturated heterocycles. The van der Waals surface area contributed by atoms with E-state index in [9.17, 15) is 14.3 Å². The van der Waals surface area contributed by atoms with Crippen LogP contribution < -0.4 is 4.74 Å². The summed E-state index contributed by atoms with van der Waals surface area (Å²) in [5, 5.41) is 11.3. The first-order valence-electron chi connectivity index (χ1n) is 12.5. The number of halogens is 2. The third-order valence-electron chi connectivity index (χ3n) is 6.90. The van der Waals surface area contributed by atoms with E-state index in [-0.39, 0.29) is 22.5 Å². The van der Waals surface area contributed by atoms with Crippen molar-refractivity contribution in [2.45, 2.75) is 36.6 Å². The van der Waals surface area contributed by atoms with Crippen LogP contribution in [0.15, 0.2) is 83.9 Å². The molecular weight excluding hydrogens is 535 g/mol. The summed E-state index contributed by atoms with van der Waals surface area (Å²) in [6.45, 7) is 2.64. The third kappa shape index (κ3) is 4.88. The number of aromatic nitrogens is 2. The maximum Gasteiger partial charge on any atom is 0.353 e. The number of ether oxygens (including phenoxy) is 1. The molecule has 0 amide bonds. The summed E-state index contributed by atoms with van der Waals surface area (Å²) in [6.07, 6.45) is 2.59. The molecule has 0 aliphatic carbocycles. The second-order valence-corrected chi connectivity index (χ2v) is 11.4. The number of nitrogens with zero attached hydrogens (tertiary/aromatic N) is 2. The largest absolute Gasteiger partial charge is 0.487 e.